The molecule has 0 saturated heterocycles. The van der Waals surface area contributed by atoms with E-state index in [9.17, 15) is 0 Å². The molecule has 3 nitrogen and oxygen atoms in total. The molecule has 0 aliphatic rings. The SMILES string of the molecule is [C-]#[N+]c1ccccc1-c1cc(-c2ccccc2-n2c3ccccc3c3ccccc32)cc(-n2c3ccccc3c3ccccc32)c1. The molecule has 3 heteroatoms. The molecule has 0 amide bonds. The molecule has 0 atom stereocenters. The minimum absolute atomic E-state index is 0.642. The highest BCUT2D eigenvalue weighted by Gasteiger charge is 2.18. The minimum Gasteiger partial charge on any atom is -0.309 e. The average molecular weight is 586 g/mol. The van der Waals surface area contributed by atoms with E-state index < -0.39 is 0 Å². The Morgan fingerprint density at radius 2 is 0.804 bits per heavy atom. The maximum absolute atomic E-state index is 7.96. The molecule has 7 aromatic carbocycles. The Balaban J connectivity index is 1.38. The molecule has 0 radical (unpaired) electrons. The first-order chi connectivity index (χ1) is 22.8. The third-order valence-corrected chi connectivity index (χ3v) is 9.13. The Labute approximate surface area is 266 Å². The second-order valence-electron chi connectivity index (χ2n) is 11.7. The van der Waals surface area contributed by atoms with Gasteiger partial charge < -0.3 is 9.13 Å². The molecule has 0 aliphatic carbocycles. The van der Waals surface area contributed by atoms with E-state index in [1.54, 1.807) is 0 Å². The van der Waals surface area contributed by atoms with E-state index in [-0.39, 0.29) is 0 Å². The van der Waals surface area contributed by atoms with Crippen LogP contribution >= 0.6 is 0 Å². The van der Waals surface area contributed by atoms with Crippen molar-refractivity contribution in [1.82, 2.24) is 9.13 Å². The van der Waals surface area contributed by atoms with Gasteiger partial charge in [0.2, 0.25) is 0 Å². The van der Waals surface area contributed by atoms with Crippen molar-refractivity contribution < 1.29 is 0 Å². The number of hydrogen-bond donors (Lipinski definition) is 0. The Morgan fingerprint density at radius 3 is 1.35 bits per heavy atom. The molecule has 9 rings (SSSR count). The third kappa shape index (κ3) is 3.91. The first kappa shape index (κ1) is 26.1. The zero-order valence-electron chi connectivity index (χ0n) is 24.9. The summed E-state index contributed by atoms with van der Waals surface area (Å²) in [7, 11) is 0. The van der Waals surface area contributed by atoms with Crippen LogP contribution in [-0.4, -0.2) is 9.13 Å². The molecule has 2 heterocycles. The van der Waals surface area contributed by atoms with Crippen LogP contribution < -0.4 is 0 Å². The number of hydrogen-bond acceptors (Lipinski definition) is 0. The van der Waals surface area contributed by atoms with Crippen LogP contribution in [0, 0.1) is 6.57 Å². The van der Waals surface area contributed by atoms with Gasteiger partial charge in [0.25, 0.3) is 0 Å². The van der Waals surface area contributed by atoms with Gasteiger partial charge >= 0.3 is 0 Å². The van der Waals surface area contributed by atoms with E-state index in [0.29, 0.717) is 5.69 Å². The van der Waals surface area contributed by atoms with Crippen molar-refractivity contribution in [2.45, 2.75) is 0 Å². The predicted octanol–water partition coefficient (Wildman–Crippen LogP) is 11.8. The largest absolute Gasteiger partial charge is 0.309 e. The molecule has 9 aromatic rings. The zero-order chi connectivity index (χ0) is 30.6. The van der Waals surface area contributed by atoms with E-state index in [0.717, 1.165) is 44.7 Å². The molecule has 0 bridgehead atoms. The van der Waals surface area contributed by atoms with E-state index in [2.05, 4.69) is 160 Å². The molecule has 0 N–H and O–H groups in total. The van der Waals surface area contributed by atoms with E-state index >= 15 is 0 Å². The quantitative estimate of drug-likeness (QED) is 0.182. The molecule has 0 fully saturated rings. The number of fused-ring (bicyclic) bond motifs is 6. The van der Waals surface area contributed by atoms with E-state index in [1.165, 1.54) is 32.6 Å². The van der Waals surface area contributed by atoms with Crippen LogP contribution in [0.4, 0.5) is 5.69 Å². The van der Waals surface area contributed by atoms with Gasteiger partial charge in [-0.05, 0) is 65.2 Å². The predicted molar refractivity (Wildman–Crippen MR) is 192 cm³/mol. The van der Waals surface area contributed by atoms with Crippen LogP contribution in [0.5, 0.6) is 0 Å². The van der Waals surface area contributed by atoms with Crippen molar-refractivity contribution in [2.24, 2.45) is 0 Å². The van der Waals surface area contributed by atoms with Crippen LogP contribution in [0.15, 0.2) is 164 Å². The van der Waals surface area contributed by atoms with Crippen LogP contribution in [0.2, 0.25) is 0 Å². The van der Waals surface area contributed by atoms with Gasteiger partial charge in [-0.3, -0.25) is 0 Å². The van der Waals surface area contributed by atoms with Crippen molar-refractivity contribution >= 4 is 49.3 Å². The smallest absolute Gasteiger partial charge is 0.194 e. The number of para-hydroxylation sites is 6. The third-order valence-electron chi connectivity index (χ3n) is 9.13. The van der Waals surface area contributed by atoms with Crippen LogP contribution in [-0.2, 0) is 0 Å². The Hall–Kier alpha value is -6.37. The normalized spacial score (nSPS) is 11.5. The van der Waals surface area contributed by atoms with Crippen LogP contribution in [0.25, 0.3) is 82.1 Å². The maximum Gasteiger partial charge on any atom is 0.194 e. The van der Waals surface area contributed by atoms with Crippen molar-refractivity contribution in [3.63, 3.8) is 0 Å². The summed E-state index contributed by atoms with van der Waals surface area (Å²) in [5.74, 6) is 0. The molecule has 214 valence electrons. The lowest BCUT2D eigenvalue weighted by Crippen LogP contribution is -1.99. The van der Waals surface area contributed by atoms with Gasteiger partial charge in [0.15, 0.2) is 5.69 Å². The fourth-order valence-corrected chi connectivity index (χ4v) is 7.16. The van der Waals surface area contributed by atoms with Crippen molar-refractivity contribution in [1.29, 1.82) is 0 Å². The zero-order valence-corrected chi connectivity index (χ0v) is 24.9. The molecule has 0 aliphatic heterocycles. The summed E-state index contributed by atoms with van der Waals surface area (Å²) >= 11 is 0. The Morgan fingerprint density at radius 1 is 0.391 bits per heavy atom. The summed E-state index contributed by atoms with van der Waals surface area (Å²) in [6.07, 6.45) is 0. The van der Waals surface area contributed by atoms with Gasteiger partial charge in [-0.15, -0.1) is 0 Å². The monoisotopic (exact) mass is 585 g/mol. The minimum atomic E-state index is 0.642. The lowest BCUT2D eigenvalue weighted by molar-refractivity contribution is 1.17. The summed E-state index contributed by atoms with van der Waals surface area (Å²) in [6, 6.07) is 57.9. The summed E-state index contributed by atoms with van der Waals surface area (Å²) in [6.45, 7) is 7.96. The highest BCUT2D eigenvalue weighted by Crippen LogP contribution is 2.41. The van der Waals surface area contributed by atoms with Crippen molar-refractivity contribution in [3.8, 4) is 33.6 Å². The van der Waals surface area contributed by atoms with Gasteiger partial charge in [-0.2, -0.15) is 0 Å². The van der Waals surface area contributed by atoms with E-state index in [1.807, 2.05) is 18.2 Å². The van der Waals surface area contributed by atoms with Crippen molar-refractivity contribution in [2.75, 3.05) is 0 Å². The number of nitrogens with zero attached hydrogens (tertiary/aromatic N) is 3. The second kappa shape index (κ2) is 10.4. The standard InChI is InChI=1S/C43H27N3/c1-44-38-20-8-2-14-32(38)29-26-30(28-31(27-29)45-40-22-10-4-16-34(40)35-17-5-11-23-41(35)45)33-15-3-9-21-39(33)46-42-24-12-6-18-36(42)37-19-7-13-25-43(37)46/h2-28H. The fourth-order valence-electron chi connectivity index (χ4n) is 7.16. The van der Waals surface area contributed by atoms with Crippen LogP contribution in [0.1, 0.15) is 0 Å². The molecule has 0 saturated carbocycles. The molecule has 0 spiro atoms. The summed E-state index contributed by atoms with van der Waals surface area (Å²) in [5, 5.41) is 4.91. The first-order valence-corrected chi connectivity index (χ1v) is 15.5. The molecule has 46 heavy (non-hydrogen) atoms. The highest BCUT2D eigenvalue weighted by molar-refractivity contribution is 6.11. The lowest BCUT2D eigenvalue weighted by Gasteiger charge is -2.18. The summed E-state index contributed by atoms with van der Waals surface area (Å²) in [4.78, 5) is 3.91. The van der Waals surface area contributed by atoms with Gasteiger partial charge in [-0.25, -0.2) is 4.85 Å². The fraction of sp³-hybridized carbons (Fsp3) is 0. The molecule has 2 aromatic heterocycles. The molecular weight excluding hydrogens is 558 g/mol. The van der Waals surface area contributed by atoms with Gasteiger partial charge in [-0.1, -0.05) is 115 Å². The lowest BCUT2D eigenvalue weighted by atomic mass is 9.95. The number of aromatic nitrogens is 2. The number of rotatable bonds is 4. The molecule has 0 unspecified atom stereocenters. The maximum atomic E-state index is 7.96. The molecular formula is C43H27N3. The topological polar surface area (TPSA) is 14.2 Å². The Kier molecular flexibility index (Phi) is 5.88. The van der Waals surface area contributed by atoms with Gasteiger partial charge in [0.1, 0.15) is 0 Å². The van der Waals surface area contributed by atoms with Gasteiger partial charge in [0, 0.05) is 32.8 Å². The van der Waals surface area contributed by atoms with Crippen LogP contribution in [0.3, 0.4) is 0 Å². The van der Waals surface area contributed by atoms with Gasteiger partial charge in [0.05, 0.1) is 34.3 Å². The summed E-state index contributed by atoms with van der Waals surface area (Å²) < 4.78 is 4.75. The first-order valence-electron chi connectivity index (χ1n) is 15.5. The Bertz CT molecular complexity index is 2560. The average Bonchev–Trinajstić information content (AvgIpc) is 3.64. The number of benzene rings is 7. The van der Waals surface area contributed by atoms with E-state index in [4.69, 9.17) is 6.57 Å². The highest BCUT2D eigenvalue weighted by atomic mass is 15.0. The summed E-state index contributed by atoms with van der Waals surface area (Å²) in [5.41, 5.74) is 11.6. The van der Waals surface area contributed by atoms with Crippen molar-refractivity contribution in [3.05, 3.63) is 175 Å². The second-order valence-corrected chi connectivity index (χ2v) is 11.7.